The molecule has 1 saturated carbocycles. The Kier molecular flexibility index (Phi) is 4.18. The lowest BCUT2D eigenvalue weighted by Gasteiger charge is -2.16. The molecule has 2 atom stereocenters. The molecule has 1 aliphatic carbocycles. The van der Waals surface area contributed by atoms with Crippen LogP contribution in [0.25, 0.3) is 0 Å². The molecule has 2 aliphatic rings. The Morgan fingerprint density at radius 2 is 2.26 bits per heavy atom. The van der Waals surface area contributed by atoms with Crippen molar-refractivity contribution in [2.45, 2.75) is 26.2 Å². The minimum atomic E-state index is -3.20. The summed E-state index contributed by atoms with van der Waals surface area (Å²) in [7, 11) is -3.20. The largest absolute Gasteiger partial charge is 0.326 e. The summed E-state index contributed by atoms with van der Waals surface area (Å²) >= 11 is 0. The second kappa shape index (κ2) is 5.87. The minimum absolute atomic E-state index is 0.148. The maximum absolute atomic E-state index is 13.2. The fourth-order valence-electron chi connectivity index (χ4n) is 3.45. The maximum Gasteiger partial charge on any atom is 0.228 e. The molecule has 1 aromatic rings. The molecular formula is C16H21FN2O3S. The molecule has 0 aromatic heterocycles. The number of rotatable bonds is 5. The Bertz CT molecular complexity index is 722. The van der Waals surface area contributed by atoms with E-state index in [2.05, 4.69) is 5.32 Å². The summed E-state index contributed by atoms with van der Waals surface area (Å²) in [6.45, 7) is 2.76. The monoisotopic (exact) mass is 340 g/mol. The molecule has 3 rings (SSSR count). The van der Waals surface area contributed by atoms with Crippen molar-refractivity contribution in [3.05, 3.63) is 30.1 Å². The third-order valence-corrected chi connectivity index (χ3v) is 6.83. The molecule has 23 heavy (non-hydrogen) atoms. The van der Waals surface area contributed by atoms with Gasteiger partial charge in [0, 0.05) is 24.7 Å². The number of hydrogen-bond donors (Lipinski definition) is 1. The molecule has 1 aromatic carbocycles. The molecule has 5 nitrogen and oxygen atoms in total. The van der Waals surface area contributed by atoms with E-state index in [-0.39, 0.29) is 23.0 Å². The lowest BCUT2D eigenvalue weighted by molar-refractivity contribution is -0.118. The number of nitrogens with one attached hydrogen (secondary N) is 1. The molecule has 0 bridgehead atoms. The van der Waals surface area contributed by atoms with Crippen molar-refractivity contribution in [3.63, 3.8) is 0 Å². The standard InChI is InChI=1S/C16H21FN2O3S/c1-2-8-23(21,22)19-7-6-16(11-19)10-14(16)15(20)18-13-5-3-4-12(17)9-13/h3-5,9,14H,2,6-8,10-11H2,1H3,(H,18,20)/t14-,16+/m1/s1. The van der Waals surface area contributed by atoms with E-state index >= 15 is 0 Å². The van der Waals surface area contributed by atoms with E-state index in [0.717, 1.165) is 6.42 Å². The Hall–Kier alpha value is -1.47. The zero-order chi connectivity index (χ0) is 16.7. The smallest absolute Gasteiger partial charge is 0.228 e. The highest BCUT2D eigenvalue weighted by Crippen LogP contribution is 2.59. The number of halogens is 1. The van der Waals surface area contributed by atoms with Crippen molar-refractivity contribution < 1.29 is 17.6 Å². The van der Waals surface area contributed by atoms with E-state index in [4.69, 9.17) is 0 Å². The summed E-state index contributed by atoms with van der Waals surface area (Å²) in [5.74, 6) is -0.576. The molecule has 126 valence electrons. The second-order valence-electron chi connectivity index (χ2n) is 6.52. The van der Waals surface area contributed by atoms with Crippen molar-refractivity contribution in [3.8, 4) is 0 Å². The molecule has 1 heterocycles. The second-order valence-corrected chi connectivity index (χ2v) is 8.61. The Labute approximate surface area is 135 Å². The highest BCUT2D eigenvalue weighted by atomic mass is 32.2. The van der Waals surface area contributed by atoms with Gasteiger partial charge in [-0.15, -0.1) is 0 Å². The summed E-state index contributed by atoms with van der Waals surface area (Å²) in [6, 6.07) is 5.78. The number of sulfonamides is 1. The molecule has 0 unspecified atom stereocenters. The Morgan fingerprint density at radius 3 is 2.96 bits per heavy atom. The molecule has 1 N–H and O–H groups in total. The predicted octanol–water partition coefficient (Wildman–Crippen LogP) is 2.22. The van der Waals surface area contributed by atoms with Crippen LogP contribution in [-0.2, 0) is 14.8 Å². The van der Waals surface area contributed by atoms with Crippen LogP contribution in [0.15, 0.2) is 24.3 Å². The summed E-state index contributed by atoms with van der Waals surface area (Å²) in [5, 5.41) is 2.73. The van der Waals surface area contributed by atoms with Crippen LogP contribution in [-0.4, -0.2) is 37.5 Å². The average Bonchev–Trinajstić information content (AvgIpc) is 2.98. The quantitative estimate of drug-likeness (QED) is 0.894. The van der Waals surface area contributed by atoms with Gasteiger partial charge in [0.2, 0.25) is 15.9 Å². The first-order valence-corrected chi connectivity index (χ1v) is 9.51. The van der Waals surface area contributed by atoms with E-state index in [0.29, 0.717) is 31.6 Å². The maximum atomic E-state index is 13.2. The number of anilines is 1. The van der Waals surface area contributed by atoms with Crippen LogP contribution in [0.3, 0.4) is 0 Å². The fourth-order valence-corrected chi connectivity index (χ4v) is 5.04. The number of carbonyl (C=O) groups excluding carboxylic acids is 1. The molecule has 1 aliphatic heterocycles. The van der Waals surface area contributed by atoms with Gasteiger partial charge in [0.05, 0.1) is 5.75 Å². The van der Waals surface area contributed by atoms with Gasteiger partial charge in [-0.1, -0.05) is 13.0 Å². The van der Waals surface area contributed by atoms with Crippen LogP contribution in [0, 0.1) is 17.2 Å². The van der Waals surface area contributed by atoms with Gasteiger partial charge < -0.3 is 5.32 Å². The minimum Gasteiger partial charge on any atom is -0.326 e. The Balaban J connectivity index is 1.62. The van der Waals surface area contributed by atoms with Crippen LogP contribution >= 0.6 is 0 Å². The number of amides is 1. The summed E-state index contributed by atoms with van der Waals surface area (Å²) in [6.07, 6.45) is 2.01. The molecule has 1 saturated heterocycles. The average molecular weight is 340 g/mol. The third-order valence-electron chi connectivity index (χ3n) is 4.80. The van der Waals surface area contributed by atoms with E-state index in [9.17, 15) is 17.6 Å². The van der Waals surface area contributed by atoms with Crippen LogP contribution in [0.5, 0.6) is 0 Å². The molecular weight excluding hydrogens is 319 g/mol. The number of nitrogens with zero attached hydrogens (tertiary/aromatic N) is 1. The number of hydrogen-bond acceptors (Lipinski definition) is 3. The van der Waals surface area contributed by atoms with Crippen molar-refractivity contribution in [1.29, 1.82) is 0 Å². The van der Waals surface area contributed by atoms with Crippen molar-refractivity contribution >= 4 is 21.6 Å². The summed E-state index contributed by atoms with van der Waals surface area (Å²) in [5.41, 5.74) is 0.212. The van der Waals surface area contributed by atoms with Crippen LogP contribution in [0.2, 0.25) is 0 Å². The van der Waals surface area contributed by atoms with Crippen LogP contribution in [0.4, 0.5) is 10.1 Å². The van der Waals surface area contributed by atoms with Crippen molar-refractivity contribution in [1.82, 2.24) is 4.31 Å². The Morgan fingerprint density at radius 1 is 1.48 bits per heavy atom. The zero-order valence-electron chi connectivity index (χ0n) is 13.1. The van der Waals surface area contributed by atoms with Gasteiger partial charge in [-0.2, -0.15) is 0 Å². The van der Waals surface area contributed by atoms with Gasteiger partial charge in [0.25, 0.3) is 0 Å². The van der Waals surface area contributed by atoms with Gasteiger partial charge in [-0.05, 0) is 42.9 Å². The van der Waals surface area contributed by atoms with Gasteiger partial charge in [0.15, 0.2) is 0 Å². The zero-order valence-corrected chi connectivity index (χ0v) is 13.9. The molecule has 0 radical (unpaired) electrons. The van der Waals surface area contributed by atoms with E-state index in [1.807, 2.05) is 6.92 Å². The van der Waals surface area contributed by atoms with Crippen molar-refractivity contribution in [2.75, 3.05) is 24.2 Å². The first-order valence-electron chi connectivity index (χ1n) is 7.90. The molecule has 7 heteroatoms. The summed E-state index contributed by atoms with van der Waals surface area (Å²) in [4.78, 5) is 12.3. The third kappa shape index (κ3) is 3.26. The van der Waals surface area contributed by atoms with Gasteiger partial charge in [-0.3, -0.25) is 4.79 Å². The number of carbonyl (C=O) groups is 1. The highest BCUT2D eigenvalue weighted by molar-refractivity contribution is 7.89. The van der Waals surface area contributed by atoms with Crippen LogP contribution < -0.4 is 5.32 Å². The first kappa shape index (κ1) is 16.4. The SMILES string of the molecule is CCCS(=O)(=O)N1CC[C@]2(C[C@@H]2C(=O)Nc2cccc(F)c2)C1. The highest BCUT2D eigenvalue weighted by Gasteiger charge is 2.61. The van der Waals surface area contributed by atoms with Gasteiger partial charge in [0.1, 0.15) is 5.82 Å². The van der Waals surface area contributed by atoms with E-state index in [1.165, 1.54) is 16.4 Å². The lowest BCUT2D eigenvalue weighted by atomic mass is 10.0. The molecule has 1 amide bonds. The molecule has 2 fully saturated rings. The van der Waals surface area contributed by atoms with E-state index in [1.54, 1.807) is 12.1 Å². The van der Waals surface area contributed by atoms with E-state index < -0.39 is 15.8 Å². The van der Waals surface area contributed by atoms with Crippen molar-refractivity contribution in [2.24, 2.45) is 11.3 Å². The van der Waals surface area contributed by atoms with Gasteiger partial charge >= 0.3 is 0 Å². The fraction of sp³-hybridized carbons (Fsp3) is 0.562. The summed E-state index contributed by atoms with van der Waals surface area (Å²) < 4.78 is 39.0. The predicted molar refractivity (Wildman–Crippen MR) is 85.8 cm³/mol. The topological polar surface area (TPSA) is 66.5 Å². The number of benzene rings is 1. The first-order chi connectivity index (χ1) is 10.9. The molecule has 1 spiro atoms. The van der Waals surface area contributed by atoms with Crippen LogP contribution in [0.1, 0.15) is 26.2 Å². The van der Waals surface area contributed by atoms with Gasteiger partial charge in [-0.25, -0.2) is 17.1 Å². The normalized spacial score (nSPS) is 27.3. The lowest BCUT2D eigenvalue weighted by Crippen LogP contribution is -2.31.